The molecule has 0 radical (unpaired) electrons. The number of ether oxygens (including phenoxy) is 1. The molecule has 0 unspecified atom stereocenters. The molecule has 1 aromatic heterocycles. The molecule has 0 bridgehead atoms. The van der Waals surface area contributed by atoms with E-state index in [0.29, 0.717) is 0 Å². The zero-order valence-electron chi connectivity index (χ0n) is 6.67. The maximum Gasteiger partial charge on any atom is 0.407 e. The Morgan fingerprint density at radius 3 is 3.00 bits per heavy atom. The Labute approximate surface area is 73.6 Å². The van der Waals surface area contributed by atoms with E-state index < -0.39 is 5.88 Å². The quantitative estimate of drug-likeness (QED) is 0.386. The smallest absolute Gasteiger partial charge is 0.407 e. The molecule has 1 heterocycles. The number of hydrogen-bond donors (Lipinski definition) is 3. The molecule has 0 fully saturated rings. The van der Waals surface area contributed by atoms with Crippen molar-refractivity contribution in [2.75, 3.05) is 18.9 Å². The van der Waals surface area contributed by atoms with E-state index in [1.165, 1.54) is 0 Å². The molecule has 0 aliphatic heterocycles. The number of aromatic hydroxyl groups is 1. The summed E-state index contributed by atoms with van der Waals surface area (Å²) in [6.07, 6.45) is 0. The van der Waals surface area contributed by atoms with Gasteiger partial charge in [-0.05, 0) is 4.85 Å². The van der Waals surface area contributed by atoms with Crippen molar-refractivity contribution in [3.8, 4) is 11.6 Å². The van der Waals surface area contributed by atoms with Gasteiger partial charge in [-0.2, -0.15) is 0 Å². The molecular weight excluding hydrogens is 178 g/mol. The Kier molecular flexibility index (Phi) is 2.70. The molecule has 0 atom stereocenters. The van der Waals surface area contributed by atoms with Crippen LogP contribution in [0.5, 0.6) is 11.6 Å². The van der Waals surface area contributed by atoms with E-state index in [0.717, 1.165) is 6.07 Å². The van der Waals surface area contributed by atoms with E-state index in [2.05, 4.69) is 5.10 Å². The molecule has 0 spiro atoms. The summed E-state index contributed by atoms with van der Waals surface area (Å²) in [5.74, 6) is -0.679. The van der Waals surface area contributed by atoms with Crippen LogP contribution in [0.1, 0.15) is 0 Å². The highest BCUT2D eigenvalue weighted by molar-refractivity contribution is 5.44. The lowest BCUT2D eigenvalue weighted by Crippen LogP contribution is -2.32. The molecule has 0 saturated carbocycles. The minimum Gasteiger partial charge on any atom is -0.591 e. The first-order chi connectivity index (χ1) is 6.15. The third kappa shape index (κ3) is 2.09. The second-order valence-electron chi connectivity index (χ2n) is 2.20. The summed E-state index contributed by atoms with van der Waals surface area (Å²) in [5, 5.41) is 31.2. The fourth-order valence-electron chi connectivity index (χ4n) is 0.716. The molecule has 7 nitrogen and oxygen atoms in total. The number of nitrogens with two attached hydrogens (primary N) is 1. The number of hydrogen-bond acceptors (Lipinski definition) is 6. The molecule has 72 valence electrons. The highest BCUT2D eigenvalue weighted by Crippen LogP contribution is 2.19. The number of nitrogen functional groups attached to an aromatic ring is 1. The molecule has 0 aromatic carbocycles. The van der Waals surface area contributed by atoms with Crippen molar-refractivity contribution >= 4 is 5.82 Å². The zero-order chi connectivity index (χ0) is 9.84. The van der Waals surface area contributed by atoms with E-state index in [4.69, 9.17) is 20.7 Å². The van der Waals surface area contributed by atoms with Crippen molar-refractivity contribution in [2.45, 2.75) is 0 Å². The summed E-state index contributed by atoms with van der Waals surface area (Å²) in [4.78, 5) is -0.0266. The lowest BCUT2D eigenvalue weighted by Gasteiger charge is -2.05. The number of aliphatic hydroxyl groups is 1. The molecule has 4 N–H and O–H groups in total. The molecular formula is C6H9N3O4. The number of rotatable bonds is 3. The van der Waals surface area contributed by atoms with Gasteiger partial charge < -0.3 is 25.9 Å². The summed E-state index contributed by atoms with van der Waals surface area (Å²) in [5.41, 5.74) is 5.28. The van der Waals surface area contributed by atoms with Crippen LogP contribution >= 0.6 is 0 Å². The zero-order valence-corrected chi connectivity index (χ0v) is 6.67. The summed E-state index contributed by atoms with van der Waals surface area (Å²) >= 11 is 0. The Morgan fingerprint density at radius 1 is 1.69 bits per heavy atom. The van der Waals surface area contributed by atoms with Gasteiger partial charge in [0.1, 0.15) is 12.7 Å². The van der Waals surface area contributed by atoms with Crippen molar-refractivity contribution in [3.05, 3.63) is 11.3 Å². The predicted molar refractivity (Wildman–Crippen MR) is 41.9 cm³/mol. The second kappa shape index (κ2) is 3.76. The van der Waals surface area contributed by atoms with Crippen LogP contribution in [0, 0.1) is 5.21 Å². The molecule has 0 aliphatic rings. The minimum absolute atomic E-state index is 0.0220. The van der Waals surface area contributed by atoms with Crippen molar-refractivity contribution in [2.24, 2.45) is 0 Å². The van der Waals surface area contributed by atoms with Gasteiger partial charge in [-0.1, -0.05) is 0 Å². The first-order valence-electron chi connectivity index (χ1n) is 3.48. The molecule has 1 rings (SSSR count). The standard InChI is InChI=1S/C6H9N3O4/c7-6-4(13-2-1-10)3-5(11)9(12)8-6/h3,10-11H,1-2H2,(H2,7,8). The van der Waals surface area contributed by atoms with Crippen molar-refractivity contribution in [1.82, 2.24) is 5.10 Å². The molecule has 7 heteroatoms. The van der Waals surface area contributed by atoms with Crippen LogP contribution in [0.3, 0.4) is 0 Å². The van der Waals surface area contributed by atoms with Crippen LogP contribution in [0.2, 0.25) is 0 Å². The van der Waals surface area contributed by atoms with Gasteiger partial charge in [0.05, 0.1) is 6.61 Å². The van der Waals surface area contributed by atoms with Gasteiger partial charge in [0, 0.05) is 5.10 Å². The summed E-state index contributed by atoms with van der Waals surface area (Å²) in [7, 11) is 0. The van der Waals surface area contributed by atoms with Crippen LogP contribution in [-0.4, -0.2) is 28.5 Å². The topological polar surface area (TPSA) is 116 Å². The van der Waals surface area contributed by atoms with Gasteiger partial charge >= 0.3 is 5.88 Å². The van der Waals surface area contributed by atoms with E-state index in [1.807, 2.05) is 0 Å². The fourth-order valence-corrected chi connectivity index (χ4v) is 0.716. The van der Waals surface area contributed by atoms with Gasteiger partial charge in [0.25, 0.3) is 0 Å². The SMILES string of the molecule is Nc1n[n+]([O-])c(O)cc1OCCO. The third-order valence-corrected chi connectivity index (χ3v) is 1.26. The molecule has 1 aromatic rings. The highest BCUT2D eigenvalue weighted by Gasteiger charge is 2.12. The van der Waals surface area contributed by atoms with Gasteiger partial charge in [-0.25, -0.2) is 0 Å². The maximum absolute atomic E-state index is 10.6. The van der Waals surface area contributed by atoms with Crippen LogP contribution in [0.25, 0.3) is 0 Å². The summed E-state index contributed by atoms with van der Waals surface area (Å²) in [6, 6.07) is 1.03. The molecule has 0 amide bonds. The van der Waals surface area contributed by atoms with Gasteiger partial charge in [0.2, 0.25) is 5.82 Å². The number of anilines is 1. The Hall–Kier alpha value is -1.76. The molecule has 0 aliphatic carbocycles. The largest absolute Gasteiger partial charge is 0.591 e. The third-order valence-electron chi connectivity index (χ3n) is 1.26. The van der Waals surface area contributed by atoms with Crippen molar-refractivity contribution < 1.29 is 19.8 Å². The van der Waals surface area contributed by atoms with Gasteiger partial charge in [-0.15, -0.1) is 0 Å². The molecule has 13 heavy (non-hydrogen) atoms. The lowest BCUT2D eigenvalue weighted by atomic mass is 10.5. The number of aromatic nitrogens is 2. The van der Waals surface area contributed by atoms with E-state index in [1.54, 1.807) is 0 Å². The van der Waals surface area contributed by atoms with E-state index in [-0.39, 0.29) is 29.6 Å². The lowest BCUT2D eigenvalue weighted by molar-refractivity contribution is -0.674. The monoisotopic (exact) mass is 187 g/mol. The van der Waals surface area contributed by atoms with Crippen LogP contribution in [0.4, 0.5) is 5.82 Å². The highest BCUT2D eigenvalue weighted by atomic mass is 16.5. The first-order valence-corrected chi connectivity index (χ1v) is 3.48. The normalized spacial score (nSPS) is 9.92. The Morgan fingerprint density at radius 2 is 2.38 bits per heavy atom. The van der Waals surface area contributed by atoms with Crippen LogP contribution < -0.4 is 15.3 Å². The molecule has 0 saturated heterocycles. The van der Waals surface area contributed by atoms with Crippen LogP contribution in [-0.2, 0) is 0 Å². The van der Waals surface area contributed by atoms with E-state index >= 15 is 0 Å². The fraction of sp³-hybridized carbons (Fsp3) is 0.333. The number of nitrogens with zero attached hydrogens (tertiary/aromatic N) is 2. The van der Waals surface area contributed by atoms with E-state index in [9.17, 15) is 5.21 Å². The maximum atomic E-state index is 10.6. The second-order valence-corrected chi connectivity index (χ2v) is 2.20. The Balaban J connectivity index is 2.88. The van der Waals surface area contributed by atoms with Crippen LogP contribution in [0.15, 0.2) is 6.07 Å². The van der Waals surface area contributed by atoms with Crippen molar-refractivity contribution in [1.29, 1.82) is 0 Å². The summed E-state index contributed by atoms with van der Waals surface area (Å²) in [6.45, 7) is -0.166. The predicted octanol–water partition coefficient (Wildman–Crippen LogP) is -1.63. The number of aliphatic hydroxyl groups excluding tert-OH is 1. The average Bonchev–Trinajstić information content (AvgIpc) is 2.09. The van der Waals surface area contributed by atoms with Gasteiger partial charge in [0.15, 0.2) is 5.75 Å². The van der Waals surface area contributed by atoms with Gasteiger partial charge in [-0.3, -0.25) is 0 Å². The first kappa shape index (κ1) is 9.33. The Bertz CT molecular complexity index is 304. The minimum atomic E-state index is -0.609. The average molecular weight is 187 g/mol. The summed E-state index contributed by atoms with van der Waals surface area (Å²) < 4.78 is 4.87. The van der Waals surface area contributed by atoms with Crippen molar-refractivity contribution in [3.63, 3.8) is 0 Å².